The minimum absolute atomic E-state index is 0.0894. The molecule has 0 spiro atoms. The summed E-state index contributed by atoms with van der Waals surface area (Å²) < 4.78 is 36.3. The van der Waals surface area contributed by atoms with Crippen molar-refractivity contribution in [3.05, 3.63) is 24.3 Å². The molecule has 0 saturated heterocycles. The second-order valence-electron chi connectivity index (χ2n) is 3.97. The number of rotatable bonds is 5. The number of alkyl halides is 3. The van der Waals surface area contributed by atoms with E-state index in [0.717, 1.165) is 18.7 Å². The Morgan fingerprint density at radius 2 is 1.82 bits per heavy atom. The molecule has 0 aliphatic rings. The third-order valence-corrected chi connectivity index (χ3v) is 3.18. The lowest BCUT2D eigenvalue weighted by molar-refractivity contribution is -0.0328. The van der Waals surface area contributed by atoms with Crippen molar-refractivity contribution in [2.24, 2.45) is 5.92 Å². The molecule has 1 N–H and O–H groups in total. The molecular formula is C12H16F3NS. The molecule has 96 valence electrons. The quantitative estimate of drug-likeness (QED) is 0.769. The molecule has 1 rings (SSSR count). The van der Waals surface area contributed by atoms with Gasteiger partial charge in [0, 0.05) is 17.1 Å². The molecular weight excluding hydrogens is 247 g/mol. The van der Waals surface area contributed by atoms with E-state index in [-0.39, 0.29) is 16.7 Å². The van der Waals surface area contributed by atoms with Gasteiger partial charge < -0.3 is 5.32 Å². The van der Waals surface area contributed by atoms with E-state index in [1.165, 1.54) is 12.1 Å². The van der Waals surface area contributed by atoms with Crippen LogP contribution in [0.4, 0.5) is 18.9 Å². The fraction of sp³-hybridized carbons (Fsp3) is 0.500. The zero-order chi connectivity index (χ0) is 12.9. The van der Waals surface area contributed by atoms with Crippen LogP contribution < -0.4 is 5.32 Å². The molecule has 0 fully saturated rings. The van der Waals surface area contributed by atoms with E-state index in [9.17, 15) is 13.2 Å². The summed E-state index contributed by atoms with van der Waals surface area (Å²) in [6.45, 7) is 5.07. The van der Waals surface area contributed by atoms with Crippen molar-refractivity contribution in [1.82, 2.24) is 0 Å². The summed E-state index contributed by atoms with van der Waals surface area (Å²) in [5, 5.41) is 3.19. The molecule has 1 unspecified atom stereocenters. The summed E-state index contributed by atoms with van der Waals surface area (Å²) in [6, 6.07) is 6.32. The third kappa shape index (κ3) is 5.86. The Labute approximate surface area is 104 Å². The van der Waals surface area contributed by atoms with Crippen LogP contribution >= 0.6 is 11.8 Å². The van der Waals surface area contributed by atoms with Crippen LogP contribution in [0.25, 0.3) is 0 Å². The monoisotopic (exact) mass is 263 g/mol. The third-order valence-electron chi connectivity index (χ3n) is 2.44. The molecule has 1 aromatic rings. The van der Waals surface area contributed by atoms with Gasteiger partial charge in [0.2, 0.25) is 0 Å². The zero-order valence-electron chi connectivity index (χ0n) is 9.84. The largest absolute Gasteiger partial charge is 0.446 e. The Balaban J connectivity index is 2.50. The molecule has 1 nitrogen and oxygen atoms in total. The Morgan fingerprint density at radius 3 is 2.29 bits per heavy atom. The number of hydrogen-bond donors (Lipinski definition) is 1. The molecule has 1 aromatic carbocycles. The molecule has 17 heavy (non-hydrogen) atoms. The highest BCUT2D eigenvalue weighted by Gasteiger charge is 2.28. The van der Waals surface area contributed by atoms with Crippen LogP contribution in [0, 0.1) is 5.92 Å². The van der Waals surface area contributed by atoms with Gasteiger partial charge in [0.25, 0.3) is 0 Å². The minimum Gasteiger partial charge on any atom is -0.385 e. The Morgan fingerprint density at radius 1 is 1.24 bits per heavy atom. The fourth-order valence-corrected chi connectivity index (χ4v) is 1.75. The predicted molar refractivity (Wildman–Crippen MR) is 66.3 cm³/mol. The van der Waals surface area contributed by atoms with Gasteiger partial charge >= 0.3 is 5.51 Å². The van der Waals surface area contributed by atoms with Crippen molar-refractivity contribution in [3.8, 4) is 0 Å². The second-order valence-corrected chi connectivity index (χ2v) is 5.10. The van der Waals surface area contributed by atoms with Gasteiger partial charge in [-0.25, -0.2) is 0 Å². The van der Waals surface area contributed by atoms with Gasteiger partial charge in [-0.3, -0.25) is 0 Å². The highest BCUT2D eigenvalue weighted by molar-refractivity contribution is 8.00. The van der Waals surface area contributed by atoms with Crippen LogP contribution in [0.5, 0.6) is 0 Å². The molecule has 0 heterocycles. The standard InChI is InChI=1S/C12H16F3NS/c1-3-9(2)8-16-10-4-6-11(7-5-10)17-12(13,14)15/h4-7,9,16H,3,8H2,1-2H3. The van der Waals surface area contributed by atoms with Crippen molar-refractivity contribution in [2.45, 2.75) is 30.7 Å². The molecule has 0 bridgehead atoms. The molecule has 0 amide bonds. The van der Waals surface area contributed by atoms with E-state index in [4.69, 9.17) is 0 Å². The molecule has 0 aliphatic heterocycles. The topological polar surface area (TPSA) is 12.0 Å². The minimum atomic E-state index is -4.22. The first-order chi connectivity index (χ1) is 7.90. The van der Waals surface area contributed by atoms with E-state index < -0.39 is 5.51 Å². The first-order valence-electron chi connectivity index (χ1n) is 5.50. The Hall–Kier alpha value is -0.840. The van der Waals surface area contributed by atoms with Crippen molar-refractivity contribution in [2.75, 3.05) is 11.9 Å². The number of halogens is 3. The van der Waals surface area contributed by atoms with Gasteiger partial charge in [-0.15, -0.1) is 0 Å². The molecule has 0 saturated carbocycles. The van der Waals surface area contributed by atoms with Crippen molar-refractivity contribution < 1.29 is 13.2 Å². The number of hydrogen-bond acceptors (Lipinski definition) is 2. The van der Waals surface area contributed by atoms with E-state index in [0.29, 0.717) is 5.92 Å². The lowest BCUT2D eigenvalue weighted by Crippen LogP contribution is -2.10. The number of thioether (sulfide) groups is 1. The van der Waals surface area contributed by atoms with E-state index in [2.05, 4.69) is 19.2 Å². The highest BCUT2D eigenvalue weighted by Crippen LogP contribution is 2.36. The molecule has 0 radical (unpaired) electrons. The Bertz CT molecular complexity index is 335. The van der Waals surface area contributed by atoms with Gasteiger partial charge in [0.15, 0.2) is 0 Å². The maximum Gasteiger partial charge on any atom is 0.446 e. The molecule has 0 aromatic heterocycles. The van der Waals surface area contributed by atoms with Gasteiger partial charge in [0.05, 0.1) is 0 Å². The van der Waals surface area contributed by atoms with Crippen LogP contribution in [-0.4, -0.2) is 12.1 Å². The zero-order valence-corrected chi connectivity index (χ0v) is 10.7. The van der Waals surface area contributed by atoms with E-state index >= 15 is 0 Å². The normalized spacial score (nSPS) is 13.5. The van der Waals surface area contributed by atoms with Crippen LogP contribution in [0.1, 0.15) is 20.3 Å². The van der Waals surface area contributed by atoms with Crippen molar-refractivity contribution in [3.63, 3.8) is 0 Å². The van der Waals surface area contributed by atoms with Crippen LogP contribution in [0.2, 0.25) is 0 Å². The summed E-state index contributed by atoms with van der Waals surface area (Å²) in [7, 11) is 0. The van der Waals surface area contributed by atoms with Crippen molar-refractivity contribution in [1.29, 1.82) is 0 Å². The van der Waals surface area contributed by atoms with Crippen LogP contribution in [0.15, 0.2) is 29.2 Å². The molecule has 5 heteroatoms. The van der Waals surface area contributed by atoms with Gasteiger partial charge in [-0.1, -0.05) is 20.3 Å². The summed E-state index contributed by atoms with van der Waals surface area (Å²) in [5.74, 6) is 0.555. The lowest BCUT2D eigenvalue weighted by atomic mass is 10.1. The van der Waals surface area contributed by atoms with Crippen LogP contribution in [-0.2, 0) is 0 Å². The summed E-state index contributed by atoms with van der Waals surface area (Å²) >= 11 is -0.0894. The smallest absolute Gasteiger partial charge is 0.385 e. The maximum absolute atomic E-state index is 12.1. The first kappa shape index (κ1) is 14.2. The van der Waals surface area contributed by atoms with E-state index in [1.54, 1.807) is 12.1 Å². The lowest BCUT2D eigenvalue weighted by Gasteiger charge is -2.12. The molecule has 1 atom stereocenters. The predicted octanol–water partition coefficient (Wildman–Crippen LogP) is 4.76. The molecule has 0 aliphatic carbocycles. The van der Waals surface area contributed by atoms with Gasteiger partial charge in [-0.2, -0.15) is 13.2 Å². The highest BCUT2D eigenvalue weighted by atomic mass is 32.2. The first-order valence-corrected chi connectivity index (χ1v) is 6.32. The number of nitrogens with one attached hydrogen (secondary N) is 1. The van der Waals surface area contributed by atoms with E-state index in [1.807, 2.05) is 0 Å². The average molecular weight is 263 g/mol. The maximum atomic E-state index is 12.1. The number of anilines is 1. The second kappa shape index (κ2) is 6.19. The van der Waals surface area contributed by atoms with Crippen LogP contribution in [0.3, 0.4) is 0 Å². The van der Waals surface area contributed by atoms with Gasteiger partial charge in [-0.05, 0) is 41.9 Å². The Kier molecular flexibility index (Phi) is 5.18. The summed E-state index contributed by atoms with van der Waals surface area (Å²) in [4.78, 5) is 0.214. The van der Waals surface area contributed by atoms with Gasteiger partial charge in [0.1, 0.15) is 0 Å². The summed E-state index contributed by atoms with van der Waals surface area (Å²) in [5.41, 5.74) is -3.36. The summed E-state index contributed by atoms with van der Waals surface area (Å²) in [6.07, 6.45) is 1.08. The van der Waals surface area contributed by atoms with Crippen molar-refractivity contribution >= 4 is 17.4 Å². The SMILES string of the molecule is CCC(C)CNc1ccc(SC(F)(F)F)cc1. The number of benzene rings is 1. The fourth-order valence-electron chi connectivity index (χ4n) is 1.21. The average Bonchev–Trinajstić information content (AvgIpc) is 2.25.